The number of nitrogens with two attached hydrogens (primary N) is 1. The lowest BCUT2D eigenvalue weighted by atomic mass is 9.93. The van der Waals surface area contributed by atoms with E-state index < -0.39 is 0 Å². The van der Waals surface area contributed by atoms with Crippen LogP contribution in [0.3, 0.4) is 0 Å². The van der Waals surface area contributed by atoms with Crippen LogP contribution in [0.15, 0.2) is 23.1 Å². The van der Waals surface area contributed by atoms with Crippen molar-refractivity contribution in [2.75, 3.05) is 19.6 Å². The van der Waals surface area contributed by atoms with E-state index in [4.69, 9.17) is 5.73 Å². The molecule has 0 atom stereocenters. The first kappa shape index (κ1) is 13.8. The molecule has 5 heteroatoms. The Morgan fingerprint density at radius 2 is 2.11 bits per heavy atom. The fourth-order valence-electron chi connectivity index (χ4n) is 2.52. The summed E-state index contributed by atoms with van der Waals surface area (Å²) >= 11 is 0. The quantitative estimate of drug-likeness (QED) is 0.867. The van der Waals surface area contributed by atoms with Gasteiger partial charge in [0.2, 0.25) is 0 Å². The summed E-state index contributed by atoms with van der Waals surface area (Å²) in [6, 6.07) is 3.12. The van der Waals surface area contributed by atoms with Crippen LogP contribution in [-0.2, 0) is 7.05 Å². The van der Waals surface area contributed by atoms with Gasteiger partial charge in [0.25, 0.3) is 11.5 Å². The molecule has 0 radical (unpaired) electrons. The maximum Gasteiger partial charge on any atom is 0.254 e. The minimum absolute atomic E-state index is 0.0381. The Morgan fingerprint density at radius 1 is 1.42 bits per heavy atom. The van der Waals surface area contributed by atoms with Crippen molar-refractivity contribution in [2.45, 2.75) is 19.3 Å². The normalized spacial score (nSPS) is 16.6. The van der Waals surface area contributed by atoms with Crippen LogP contribution in [0, 0.1) is 5.92 Å². The maximum atomic E-state index is 12.3. The zero-order valence-electron chi connectivity index (χ0n) is 11.3. The molecule has 0 saturated carbocycles. The molecular formula is C14H21N3O2. The van der Waals surface area contributed by atoms with Crippen LogP contribution in [0.2, 0.25) is 0 Å². The van der Waals surface area contributed by atoms with Crippen LogP contribution in [0.25, 0.3) is 0 Å². The molecule has 0 aliphatic carbocycles. The average Bonchev–Trinajstić information content (AvgIpc) is 2.42. The fraction of sp³-hybridized carbons (Fsp3) is 0.571. The smallest absolute Gasteiger partial charge is 0.254 e. The summed E-state index contributed by atoms with van der Waals surface area (Å²) in [7, 11) is 1.68. The molecule has 1 aliphatic rings. The second-order valence-electron chi connectivity index (χ2n) is 5.18. The van der Waals surface area contributed by atoms with Crippen molar-refractivity contribution < 1.29 is 4.79 Å². The highest BCUT2D eigenvalue weighted by Crippen LogP contribution is 2.20. The van der Waals surface area contributed by atoms with Gasteiger partial charge in [0.05, 0.1) is 0 Å². The Hall–Kier alpha value is -1.62. The number of piperidine rings is 1. The molecule has 2 rings (SSSR count). The van der Waals surface area contributed by atoms with Gasteiger partial charge in [-0.2, -0.15) is 0 Å². The molecule has 1 aliphatic heterocycles. The Kier molecular flexibility index (Phi) is 4.37. The van der Waals surface area contributed by atoms with E-state index in [9.17, 15) is 9.59 Å². The van der Waals surface area contributed by atoms with Crippen molar-refractivity contribution in [1.29, 1.82) is 0 Å². The minimum Gasteiger partial charge on any atom is -0.339 e. The van der Waals surface area contributed by atoms with Gasteiger partial charge >= 0.3 is 0 Å². The SMILES string of the molecule is Cn1ccc(C(=O)N2CCC(CCN)CC2)cc1=O. The van der Waals surface area contributed by atoms with Crippen LogP contribution in [0.1, 0.15) is 29.6 Å². The van der Waals surface area contributed by atoms with Gasteiger partial charge in [-0.1, -0.05) is 0 Å². The number of hydrogen-bond acceptors (Lipinski definition) is 3. The van der Waals surface area contributed by atoms with Gasteiger partial charge in [-0.25, -0.2) is 0 Å². The van der Waals surface area contributed by atoms with E-state index in [0.717, 1.165) is 32.4 Å². The predicted octanol–water partition coefficient (Wildman–Crippen LogP) is 0.586. The number of aryl methyl sites for hydroxylation is 1. The molecule has 1 saturated heterocycles. The molecule has 1 amide bonds. The highest BCUT2D eigenvalue weighted by molar-refractivity contribution is 5.94. The van der Waals surface area contributed by atoms with Crippen molar-refractivity contribution in [1.82, 2.24) is 9.47 Å². The molecule has 1 fully saturated rings. The first-order valence-corrected chi connectivity index (χ1v) is 6.78. The van der Waals surface area contributed by atoms with Crippen molar-refractivity contribution in [3.05, 3.63) is 34.2 Å². The zero-order valence-corrected chi connectivity index (χ0v) is 11.3. The van der Waals surface area contributed by atoms with Gasteiger partial charge < -0.3 is 15.2 Å². The molecule has 0 spiro atoms. The Balaban J connectivity index is 2.01. The highest BCUT2D eigenvalue weighted by atomic mass is 16.2. The number of carbonyl (C=O) groups excluding carboxylic acids is 1. The van der Waals surface area contributed by atoms with Gasteiger partial charge in [0.15, 0.2) is 0 Å². The largest absolute Gasteiger partial charge is 0.339 e. The average molecular weight is 263 g/mol. The number of rotatable bonds is 3. The fourth-order valence-corrected chi connectivity index (χ4v) is 2.52. The summed E-state index contributed by atoms with van der Waals surface area (Å²) in [4.78, 5) is 25.7. The van der Waals surface area contributed by atoms with E-state index in [1.54, 1.807) is 19.3 Å². The lowest BCUT2D eigenvalue weighted by molar-refractivity contribution is 0.0687. The Bertz CT molecular complexity index is 502. The number of aromatic nitrogens is 1. The third-order valence-electron chi connectivity index (χ3n) is 3.83. The highest BCUT2D eigenvalue weighted by Gasteiger charge is 2.23. The van der Waals surface area contributed by atoms with E-state index in [-0.39, 0.29) is 11.5 Å². The molecule has 0 unspecified atom stereocenters. The van der Waals surface area contributed by atoms with E-state index in [0.29, 0.717) is 18.0 Å². The summed E-state index contributed by atoms with van der Waals surface area (Å²) in [5, 5.41) is 0. The number of likely N-dealkylation sites (tertiary alicyclic amines) is 1. The van der Waals surface area contributed by atoms with Gasteiger partial charge in [0.1, 0.15) is 0 Å². The van der Waals surface area contributed by atoms with Crippen molar-refractivity contribution in [3.63, 3.8) is 0 Å². The predicted molar refractivity (Wildman–Crippen MR) is 74.0 cm³/mol. The zero-order chi connectivity index (χ0) is 13.8. The van der Waals surface area contributed by atoms with Crippen molar-refractivity contribution in [2.24, 2.45) is 18.7 Å². The summed E-state index contributed by atoms with van der Waals surface area (Å²) in [6.45, 7) is 2.24. The molecule has 1 aromatic heterocycles. The molecule has 5 nitrogen and oxygen atoms in total. The second-order valence-corrected chi connectivity index (χ2v) is 5.18. The van der Waals surface area contributed by atoms with Crippen molar-refractivity contribution in [3.8, 4) is 0 Å². The lowest BCUT2D eigenvalue weighted by Gasteiger charge is -2.31. The van der Waals surface area contributed by atoms with Crippen LogP contribution in [-0.4, -0.2) is 35.0 Å². The molecule has 1 aromatic rings. The summed E-state index contributed by atoms with van der Waals surface area (Å²) in [6.07, 6.45) is 4.69. The monoisotopic (exact) mass is 263 g/mol. The second kappa shape index (κ2) is 6.02. The van der Waals surface area contributed by atoms with Crippen LogP contribution < -0.4 is 11.3 Å². The first-order chi connectivity index (χ1) is 9.11. The molecule has 2 N–H and O–H groups in total. The number of nitrogens with zero attached hydrogens (tertiary/aromatic N) is 2. The van der Waals surface area contributed by atoms with E-state index in [2.05, 4.69) is 0 Å². The number of pyridine rings is 1. The summed E-state index contributed by atoms with van der Waals surface area (Å²) in [5.74, 6) is 0.599. The third-order valence-corrected chi connectivity index (χ3v) is 3.83. The van der Waals surface area contributed by atoms with E-state index in [1.807, 2.05) is 4.90 Å². The topological polar surface area (TPSA) is 68.3 Å². The van der Waals surface area contributed by atoms with Gasteiger partial charge in [-0.05, 0) is 37.8 Å². The van der Waals surface area contributed by atoms with Crippen LogP contribution >= 0.6 is 0 Å². The molecule has 0 aromatic carbocycles. The number of carbonyl (C=O) groups is 1. The van der Waals surface area contributed by atoms with E-state index >= 15 is 0 Å². The molecule has 104 valence electrons. The van der Waals surface area contributed by atoms with Gasteiger partial charge in [-0.3, -0.25) is 9.59 Å². The lowest BCUT2D eigenvalue weighted by Crippen LogP contribution is -2.39. The molecular weight excluding hydrogens is 242 g/mol. The van der Waals surface area contributed by atoms with Crippen LogP contribution in [0.4, 0.5) is 0 Å². The van der Waals surface area contributed by atoms with Gasteiger partial charge in [0, 0.05) is 38.0 Å². The standard InChI is InChI=1S/C14H21N3O2/c1-16-7-5-12(10-13(16)18)14(19)17-8-3-11(2-6-15)4-9-17/h5,7,10-11H,2-4,6,8-9,15H2,1H3. The van der Waals surface area contributed by atoms with Crippen LogP contribution in [0.5, 0.6) is 0 Å². The number of amides is 1. The van der Waals surface area contributed by atoms with Gasteiger partial charge in [-0.15, -0.1) is 0 Å². The maximum absolute atomic E-state index is 12.3. The Labute approximate surface area is 113 Å². The van der Waals surface area contributed by atoms with Crippen molar-refractivity contribution >= 4 is 5.91 Å². The first-order valence-electron chi connectivity index (χ1n) is 6.78. The number of hydrogen-bond donors (Lipinski definition) is 1. The molecule has 0 bridgehead atoms. The minimum atomic E-state index is -0.149. The Morgan fingerprint density at radius 3 is 2.68 bits per heavy atom. The molecule has 2 heterocycles. The summed E-state index contributed by atoms with van der Waals surface area (Å²) < 4.78 is 1.46. The van der Waals surface area contributed by atoms with E-state index in [1.165, 1.54) is 10.6 Å². The third kappa shape index (κ3) is 3.23. The summed E-state index contributed by atoms with van der Waals surface area (Å²) in [5.41, 5.74) is 5.90. The molecule has 19 heavy (non-hydrogen) atoms.